The third-order valence-electron chi connectivity index (χ3n) is 3.38. The predicted octanol–water partition coefficient (Wildman–Crippen LogP) is 0.605. The number of imidazole rings is 1. The molecule has 9 nitrogen and oxygen atoms in total. The maximum atomic E-state index is 12.2. The van der Waals surface area contributed by atoms with Gasteiger partial charge in [-0.1, -0.05) is 0 Å². The van der Waals surface area contributed by atoms with Crippen LogP contribution in [0.3, 0.4) is 0 Å². The van der Waals surface area contributed by atoms with Crippen LogP contribution < -0.4 is 9.64 Å². The summed E-state index contributed by atoms with van der Waals surface area (Å²) in [4.78, 5) is 28.5. The van der Waals surface area contributed by atoms with Crippen LogP contribution in [0.4, 0.5) is 10.7 Å². The summed E-state index contributed by atoms with van der Waals surface area (Å²) in [5.74, 6) is 1.17. The highest BCUT2D eigenvalue weighted by atomic mass is 35.5. The van der Waals surface area contributed by atoms with E-state index in [1.807, 2.05) is 4.90 Å². The van der Waals surface area contributed by atoms with Gasteiger partial charge >= 0.3 is 6.03 Å². The first-order valence-electron chi connectivity index (χ1n) is 6.84. The molecule has 0 radical (unpaired) electrons. The van der Waals surface area contributed by atoms with Gasteiger partial charge in [0.05, 0.1) is 19.0 Å². The van der Waals surface area contributed by atoms with Crippen LogP contribution in [-0.2, 0) is 0 Å². The lowest BCUT2D eigenvalue weighted by Crippen LogP contribution is -2.50. The number of amides is 1. The number of anilines is 1. The number of carbonyl (C=O) groups is 1. The van der Waals surface area contributed by atoms with Crippen molar-refractivity contribution in [3.63, 3.8) is 0 Å². The average molecular weight is 341 g/mol. The fourth-order valence-corrected chi connectivity index (χ4v) is 2.23. The van der Waals surface area contributed by atoms with E-state index in [1.165, 1.54) is 10.9 Å². The van der Waals surface area contributed by atoms with E-state index in [0.29, 0.717) is 38.0 Å². The molecule has 1 fully saturated rings. The smallest absolute Gasteiger partial charge is 0.329 e. The molecular weight excluding hydrogens is 324 g/mol. The van der Waals surface area contributed by atoms with E-state index < -0.39 is 0 Å². The monoisotopic (exact) mass is 340 g/mol. The molecule has 1 aliphatic rings. The number of nitrogens with zero attached hydrogens (tertiary/aromatic N) is 6. The van der Waals surface area contributed by atoms with Crippen molar-refractivity contribution in [2.45, 2.75) is 0 Å². The molecule has 0 spiro atoms. The van der Waals surface area contributed by atoms with E-state index in [4.69, 9.17) is 9.40 Å². The Hall–Kier alpha value is -2.39. The van der Waals surface area contributed by atoms with Crippen molar-refractivity contribution < 1.29 is 14.2 Å². The van der Waals surface area contributed by atoms with Gasteiger partial charge in [-0.2, -0.15) is 4.98 Å². The van der Waals surface area contributed by atoms with Gasteiger partial charge < -0.3 is 14.5 Å². The molecule has 0 saturated carbocycles. The van der Waals surface area contributed by atoms with Crippen LogP contribution in [0.1, 0.15) is 0 Å². The summed E-state index contributed by atoms with van der Waals surface area (Å²) in [6, 6.07) is 1.65. The van der Waals surface area contributed by atoms with Gasteiger partial charge in [0.1, 0.15) is 6.33 Å². The van der Waals surface area contributed by atoms with Crippen LogP contribution in [0.15, 0.2) is 31.0 Å². The second-order valence-corrected chi connectivity index (χ2v) is 4.63. The zero-order valence-electron chi connectivity index (χ0n) is 12.5. The van der Waals surface area contributed by atoms with Crippen LogP contribution >= 0.6 is 11.9 Å². The van der Waals surface area contributed by atoms with E-state index in [0.717, 1.165) is 0 Å². The fourth-order valence-electron chi connectivity index (χ4n) is 2.23. The minimum Gasteiger partial charge on any atom is -0.481 e. The van der Waals surface area contributed by atoms with Crippen LogP contribution in [0, 0.1) is 0 Å². The molecule has 2 aromatic heterocycles. The number of methoxy groups -OCH3 is 1. The summed E-state index contributed by atoms with van der Waals surface area (Å²) in [5, 5.41) is 0. The summed E-state index contributed by atoms with van der Waals surface area (Å²) in [6.07, 6.45) is 6.43. The second-order valence-electron chi connectivity index (χ2n) is 4.63. The van der Waals surface area contributed by atoms with E-state index >= 15 is 0 Å². The summed E-state index contributed by atoms with van der Waals surface area (Å²) in [5.41, 5.74) is 0. The Kier molecular flexibility index (Phi) is 6.12. The van der Waals surface area contributed by atoms with Crippen molar-refractivity contribution >= 4 is 23.8 Å². The Morgan fingerprint density at radius 3 is 2.61 bits per heavy atom. The quantitative estimate of drug-likeness (QED) is 0.855. The number of carbonyl (C=O) groups excluding carboxylic acids is 1. The topological polar surface area (TPSA) is 96.6 Å². The van der Waals surface area contributed by atoms with Gasteiger partial charge in [-0.15, -0.1) is 0 Å². The summed E-state index contributed by atoms with van der Waals surface area (Å²) in [6.45, 7) is 2.62. The Labute approximate surface area is 138 Å². The molecule has 1 saturated heterocycles. The molecule has 0 aliphatic carbocycles. The highest BCUT2D eigenvalue weighted by Gasteiger charge is 2.23. The van der Waals surface area contributed by atoms with Crippen molar-refractivity contribution in [1.29, 1.82) is 0 Å². The molecular formula is C13H17ClN6O3. The lowest BCUT2D eigenvalue weighted by atomic mass is 10.3. The first kappa shape index (κ1) is 17.0. The van der Waals surface area contributed by atoms with Crippen LogP contribution in [0.2, 0.25) is 0 Å². The predicted molar refractivity (Wildman–Crippen MR) is 83.5 cm³/mol. The van der Waals surface area contributed by atoms with Gasteiger partial charge in [-0.05, 0) is 0 Å². The third-order valence-corrected chi connectivity index (χ3v) is 3.38. The van der Waals surface area contributed by atoms with E-state index in [-0.39, 0.29) is 6.03 Å². The molecule has 124 valence electrons. The largest absolute Gasteiger partial charge is 0.481 e. The number of ether oxygens (including phenoxy) is 1. The summed E-state index contributed by atoms with van der Waals surface area (Å²) < 4.78 is 13.1. The number of piperazine rings is 1. The van der Waals surface area contributed by atoms with Gasteiger partial charge in [0.25, 0.3) is 0 Å². The van der Waals surface area contributed by atoms with Crippen molar-refractivity contribution in [2.24, 2.45) is 0 Å². The minimum atomic E-state index is -0.0567. The molecule has 0 atom stereocenters. The van der Waals surface area contributed by atoms with Gasteiger partial charge in [-0.3, -0.25) is 9.23 Å². The summed E-state index contributed by atoms with van der Waals surface area (Å²) >= 11 is 3.64. The minimum absolute atomic E-state index is 0.0567. The SMILES string of the molecule is COc1ccnc(N2CCN(C(=O)n3ccnc3)CC2)n1.OCl. The van der Waals surface area contributed by atoms with Crippen LogP contribution in [0.5, 0.6) is 5.88 Å². The maximum Gasteiger partial charge on any atom is 0.329 e. The standard InChI is InChI=1S/C13H16N6O2.ClHO/c1-21-11-2-3-15-12(16-11)17-6-8-18(9-7-17)13(20)19-5-4-14-10-19;1-2/h2-5,10H,6-9H2,1H3;2H. The molecule has 0 unspecified atom stereocenters. The molecule has 1 N–H and O–H groups in total. The lowest BCUT2D eigenvalue weighted by molar-refractivity contribution is 0.195. The molecule has 1 amide bonds. The molecule has 3 rings (SSSR count). The first-order valence-corrected chi connectivity index (χ1v) is 7.18. The normalized spacial score (nSPS) is 14.0. The van der Waals surface area contributed by atoms with Gasteiger partial charge in [0.2, 0.25) is 11.8 Å². The second kappa shape index (κ2) is 8.30. The number of rotatable bonds is 2. The highest BCUT2D eigenvalue weighted by Crippen LogP contribution is 2.14. The molecule has 1 aliphatic heterocycles. The van der Waals surface area contributed by atoms with Crippen molar-refractivity contribution in [3.8, 4) is 5.88 Å². The Morgan fingerprint density at radius 1 is 1.26 bits per heavy atom. The Bertz CT molecular complexity index is 616. The molecule has 10 heteroatoms. The maximum absolute atomic E-state index is 12.2. The number of halogens is 1. The molecule has 0 aromatic carbocycles. The fraction of sp³-hybridized carbons (Fsp3) is 0.385. The van der Waals surface area contributed by atoms with Gasteiger partial charge in [-0.25, -0.2) is 14.8 Å². The molecule has 0 bridgehead atoms. The van der Waals surface area contributed by atoms with E-state index in [2.05, 4.69) is 26.8 Å². The number of hydrogen-bond acceptors (Lipinski definition) is 7. The van der Waals surface area contributed by atoms with Crippen LogP contribution in [0.25, 0.3) is 0 Å². The van der Waals surface area contributed by atoms with Gasteiger partial charge in [0, 0.05) is 50.8 Å². The number of aromatic nitrogens is 4. The zero-order chi connectivity index (χ0) is 16.7. The first-order chi connectivity index (χ1) is 11.3. The molecule has 23 heavy (non-hydrogen) atoms. The third kappa shape index (κ3) is 4.08. The molecule has 2 aromatic rings. The van der Waals surface area contributed by atoms with E-state index in [1.54, 1.807) is 36.7 Å². The summed E-state index contributed by atoms with van der Waals surface area (Å²) in [7, 11) is 1.58. The van der Waals surface area contributed by atoms with Crippen molar-refractivity contribution in [3.05, 3.63) is 31.0 Å². The molecule has 3 heterocycles. The van der Waals surface area contributed by atoms with Gasteiger partial charge in [0.15, 0.2) is 0 Å². The lowest BCUT2D eigenvalue weighted by Gasteiger charge is -2.34. The Morgan fingerprint density at radius 2 is 2.00 bits per heavy atom. The van der Waals surface area contributed by atoms with E-state index in [9.17, 15) is 4.79 Å². The van der Waals surface area contributed by atoms with Crippen molar-refractivity contribution in [2.75, 3.05) is 38.2 Å². The van der Waals surface area contributed by atoms with Crippen molar-refractivity contribution in [1.82, 2.24) is 24.4 Å². The highest BCUT2D eigenvalue weighted by molar-refractivity contribution is 6.04. The number of hydrogen-bond donors (Lipinski definition) is 1. The zero-order valence-corrected chi connectivity index (χ0v) is 13.3. The Balaban J connectivity index is 0.000000924. The van der Waals surface area contributed by atoms with Crippen LogP contribution in [-0.4, -0.2) is 68.4 Å². The average Bonchev–Trinajstić information content (AvgIpc) is 3.18.